The molecule has 116 valence electrons. The van der Waals surface area contributed by atoms with Gasteiger partial charge in [-0.2, -0.15) is 0 Å². The van der Waals surface area contributed by atoms with Gasteiger partial charge in [0, 0.05) is 6.42 Å². The van der Waals surface area contributed by atoms with Crippen LogP contribution in [0.3, 0.4) is 0 Å². The summed E-state index contributed by atoms with van der Waals surface area (Å²) in [6, 6.07) is 7.48. The average molecular weight is 289 g/mol. The number of hydrogen-bond donors (Lipinski definition) is 2. The van der Waals surface area contributed by atoms with E-state index in [1.165, 1.54) is 5.56 Å². The molecule has 3 heteroatoms. The Labute approximate surface area is 128 Å². The number of hydrogen-bond acceptors (Lipinski definition) is 3. The van der Waals surface area contributed by atoms with Gasteiger partial charge in [-0.3, -0.25) is 4.79 Å². The molecule has 0 spiro atoms. The molecular formula is C18H27NO2. The number of nitrogens with one attached hydrogen (secondary N) is 1. The fraction of sp³-hybridized carbons (Fsp3) is 0.500. The molecule has 1 saturated carbocycles. The second kappa shape index (κ2) is 7.99. The van der Waals surface area contributed by atoms with Gasteiger partial charge >= 0.3 is 0 Å². The fourth-order valence-electron chi connectivity index (χ4n) is 3.35. The molecule has 2 rings (SSSR count). The topological polar surface area (TPSA) is 49.3 Å². The van der Waals surface area contributed by atoms with Crippen LogP contribution in [-0.4, -0.2) is 24.0 Å². The van der Waals surface area contributed by atoms with Gasteiger partial charge in [-0.25, -0.2) is 0 Å². The van der Waals surface area contributed by atoms with Crippen molar-refractivity contribution in [2.75, 3.05) is 7.05 Å². The van der Waals surface area contributed by atoms with Gasteiger partial charge in [-0.15, -0.1) is 13.2 Å². The maximum Gasteiger partial charge on any atom is 0.149 e. The van der Waals surface area contributed by atoms with E-state index < -0.39 is 0 Å². The Hall–Kier alpha value is -1.61. The van der Waals surface area contributed by atoms with E-state index in [0.29, 0.717) is 18.0 Å². The highest BCUT2D eigenvalue weighted by atomic mass is 16.3. The van der Waals surface area contributed by atoms with Crippen molar-refractivity contribution in [1.29, 1.82) is 0 Å². The lowest BCUT2D eigenvalue weighted by Gasteiger charge is -2.41. The number of aromatic hydroxyl groups is 1. The van der Waals surface area contributed by atoms with E-state index >= 15 is 0 Å². The number of carbonyl (C=O) groups excluding carboxylic acids is 1. The van der Waals surface area contributed by atoms with Gasteiger partial charge in [-0.05, 0) is 49.4 Å². The van der Waals surface area contributed by atoms with E-state index in [1.807, 2.05) is 19.2 Å². The molecule has 0 bridgehead atoms. The van der Waals surface area contributed by atoms with Crippen molar-refractivity contribution in [3.05, 3.63) is 43.0 Å². The highest BCUT2D eigenvalue weighted by molar-refractivity contribution is 5.85. The molecule has 21 heavy (non-hydrogen) atoms. The largest absolute Gasteiger partial charge is 0.508 e. The first-order valence-electron chi connectivity index (χ1n) is 7.61. The van der Waals surface area contributed by atoms with Crippen LogP contribution in [0.25, 0.3) is 0 Å². The molecule has 0 radical (unpaired) electrons. The van der Waals surface area contributed by atoms with Gasteiger partial charge in [0.2, 0.25) is 0 Å². The van der Waals surface area contributed by atoms with Crippen LogP contribution in [0, 0.1) is 0 Å². The number of benzene rings is 1. The van der Waals surface area contributed by atoms with Gasteiger partial charge in [0.25, 0.3) is 0 Å². The summed E-state index contributed by atoms with van der Waals surface area (Å²) in [6.07, 6.45) is 4.49. The Morgan fingerprint density at radius 1 is 1.43 bits per heavy atom. The second-order valence-corrected chi connectivity index (χ2v) is 5.59. The monoisotopic (exact) mass is 289 g/mol. The van der Waals surface area contributed by atoms with E-state index in [4.69, 9.17) is 0 Å². The molecule has 2 N–H and O–H groups in total. The number of phenols is 1. The van der Waals surface area contributed by atoms with Crippen LogP contribution in [0.4, 0.5) is 0 Å². The first-order valence-corrected chi connectivity index (χ1v) is 7.61. The minimum absolute atomic E-state index is 0.0229. The predicted octanol–water partition coefficient (Wildman–Crippen LogP) is 3.57. The van der Waals surface area contributed by atoms with Crippen molar-refractivity contribution in [2.24, 2.45) is 0 Å². The van der Waals surface area contributed by atoms with E-state index in [0.717, 1.165) is 25.7 Å². The van der Waals surface area contributed by atoms with Crippen molar-refractivity contribution < 1.29 is 9.90 Å². The van der Waals surface area contributed by atoms with Crippen molar-refractivity contribution in [1.82, 2.24) is 5.32 Å². The number of rotatable bonds is 4. The van der Waals surface area contributed by atoms with Crippen molar-refractivity contribution in [3.63, 3.8) is 0 Å². The standard InChI is InChI=1S/C16H23NO2.C2H4/c1-3-8-16(12-5-4-6-13(18)10-12)9-7-15(19)14(11-16)17-2;1-2/h4-6,10,14,17-18H,3,7-9,11H2,1-2H3;1-2H2. The molecular weight excluding hydrogens is 262 g/mol. The number of ketones is 1. The Balaban J connectivity index is 0.00000106. The summed E-state index contributed by atoms with van der Waals surface area (Å²) in [5.74, 6) is 0.625. The lowest BCUT2D eigenvalue weighted by atomic mass is 9.65. The molecule has 0 amide bonds. The first-order chi connectivity index (χ1) is 10.1. The summed E-state index contributed by atoms with van der Waals surface area (Å²) in [5, 5.41) is 12.9. The molecule has 1 aromatic rings. The van der Waals surface area contributed by atoms with Crippen LogP contribution >= 0.6 is 0 Å². The zero-order valence-corrected chi connectivity index (χ0v) is 13.2. The minimum Gasteiger partial charge on any atom is -0.508 e. The Morgan fingerprint density at radius 3 is 2.71 bits per heavy atom. The molecule has 0 saturated heterocycles. The quantitative estimate of drug-likeness (QED) is 0.833. The third-order valence-corrected chi connectivity index (χ3v) is 4.37. The summed E-state index contributed by atoms with van der Waals surface area (Å²) in [5.41, 5.74) is 1.19. The lowest BCUT2D eigenvalue weighted by molar-refractivity contribution is -0.123. The van der Waals surface area contributed by atoms with Crippen molar-refractivity contribution >= 4 is 5.78 Å². The Kier molecular flexibility index (Phi) is 6.63. The van der Waals surface area contributed by atoms with Crippen LogP contribution in [-0.2, 0) is 10.2 Å². The number of phenolic OH excluding ortho intramolecular Hbond substituents is 1. The average Bonchev–Trinajstić information content (AvgIpc) is 2.51. The molecule has 2 unspecified atom stereocenters. The summed E-state index contributed by atoms with van der Waals surface area (Å²) >= 11 is 0. The van der Waals surface area contributed by atoms with Gasteiger partial charge < -0.3 is 10.4 Å². The summed E-state index contributed by atoms with van der Waals surface area (Å²) < 4.78 is 0. The van der Waals surface area contributed by atoms with E-state index in [9.17, 15) is 9.90 Å². The number of likely N-dealkylation sites (N-methyl/N-ethyl adjacent to an activating group) is 1. The molecule has 1 aromatic carbocycles. The molecule has 2 atom stereocenters. The van der Waals surface area contributed by atoms with Crippen LogP contribution in [0.1, 0.15) is 44.6 Å². The highest BCUT2D eigenvalue weighted by Gasteiger charge is 2.40. The zero-order chi connectivity index (χ0) is 15.9. The molecule has 0 heterocycles. The SMILES string of the molecule is C=C.CCCC1(c2cccc(O)c2)CCC(=O)C(NC)C1. The zero-order valence-electron chi connectivity index (χ0n) is 13.2. The summed E-state index contributed by atoms with van der Waals surface area (Å²) in [6.45, 7) is 8.18. The molecule has 1 aliphatic carbocycles. The van der Waals surface area contributed by atoms with Crippen LogP contribution in [0.15, 0.2) is 37.4 Å². The van der Waals surface area contributed by atoms with Crippen LogP contribution < -0.4 is 5.32 Å². The summed E-state index contributed by atoms with van der Waals surface area (Å²) in [4.78, 5) is 11.9. The van der Waals surface area contributed by atoms with Crippen LogP contribution in [0.5, 0.6) is 5.75 Å². The van der Waals surface area contributed by atoms with E-state index in [-0.39, 0.29) is 11.5 Å². The molecule has 1 fully saturated rings. The van der Waals surface area contributed by atoms with Gasteiger partial charge in [0.05, 0.1) is 6.04 Å². The number of Topliss-reactive ketones (excluding diaryl/α,β-unsaturated/α-hetero) is 1. The normalized spacial score (nSPS) is 25.0. The molecule has 3 nitrogen and oxygen atoms in total. The first kappa shape index (κ1) is 17.4. The lowest BCUT2D eigenvalue weighted by Crippen LogP contribution is -2.46. The smallest absolute Gasteiger partial charge is 0.149 e. The molecule has 0 aromatic heterocycles. The maximum absolute atomic E-state index is 11.9. The molecule has 0 aliphatic heterocycles. The van der Waals surface area contributed by atoms with E-state index in [2.05, 4.69) is 31.5 Å². The van der Waals surface area contributed by atoms with Gasteiger partial charge in [0.1, 0.15) is 11.5 Å². The summed E-state index contributed by atoms with van der Waals surface area (Å²) in [7, 11) is 1.85. The van der Waals surface area contributed by atoms with Gasteiger partial charge in [-0.1, -0.05) is 25.5 Å². The second-order valence-electron chi connectivity index (χ2n) is 5.59. The Bertz CT molecular complexity index is 472. The third-order valence-electron chi connectivity index (χ3n) is 4.37. The van der Waals surface area contributed by atoms with Crippen molar-refractivity contribution in [2.45, 2.75) is 50.5 Å². The maximum atomic E-state index is 11.9. The van der Waals surface area contributed by atoms with Gasteiger partial charge in [0.15, 0.2) is 0 Å². The number of carbonyl (C=O) groups is 1. The third kappa shape index (κ3) is 3.94. The van der Waals surface area contributed by atoms with Crippen molar-refractivity contribution in [3.8, 4) is 5.75 Å². The minimum atomic E-state index is -0.0531. The van der Waals surface area contributed by atoms with Crippen LogP contribution in [0.2, 0.25) is 0 Å². The Morgan fingerprint density at radius 2 is 2.14 bits per heavy atom. The van der Waals surface area contributed by atoms with E-state index in [1.54, 1.807) is 6.07 Å². The predicted molar refractivity (Wildman–Crippen MR) is 87.7 cm³/mol. The fourth-order valence-corrected chi connectivity index (χ4v) is 3.35. The highest BCUT2D eigenvalue weighted by Crippen LogP contribution is 2.42. The molecule has 1 aliphatic rings.